The molecule has 2 atom stereocenters. The summed E-state index contributed by atoms with van der Waals surface area (Å²) in [6, 6.07) is 0.455. The van der Waals surface area contributed by atoms with Gasteiger partial charge < -0.3 is 9.47 Å². The number of nitrogens with zero attached hydrogens (tertiary/aromatic N) is 1. The molecule has 1 fully saturated rings. The van der Waals surface area contributed by atoms with Crippen molar-refractivity contribution >= 4 is 11.7 Å². The van der Waals surface area contributed by atoms with E-state index in [1.807, 2.05) is 0 Å². The first-order chi connectivity index (χ1) is 13.7. The molecule has 30 heavy (non-hydrogen) atoms. The number of halogens is 6. The highest BCUT2D eigenvalue weighted by Crippen LogP contribution is 2.45. The van der Waals surface area contributed by atoms with Gasteiger partial charge in [-0.2, -0.15) is 26.3 Å². The molecule has 1 saturated heterocycles. The van der Waals surface area contributed by atoms with Crippen molar-refractivity contribution in [1.29, 1.82) is 0 Å². The molecule has 0 aliphatic carbocycles. The van der Waals surface area contributed by atoms with Crippen LogP contribution in [0, 0.1) is 0 Å². The lowest BCUT2D eigenvalue weighted by atomic mass is 9.85. The minimum absolute atomic E-state index is 0.0113. The molecule has 2 unspecified atom stereocenters. The summed E-state index contributed by atoms with van der Waals surface area (Å²) < 4.78 is 92.0. The van der Waals surface area contributed by atoms with E-state index in [-0.39, 0.29) is 25.2 Å². The molecule has 2 bridgehead atoms. The number of ether oxygens (including phenoxy) is 2. The van der Waals surface area contributed by atoms with Gasteiger partial charge in [-0.3, -0.25) is 4.90 Å². The molecule has 2 aliphatic rings. The number of hydrogen-bond donors (Lipinski definition) is 0. The Kier molecular flexibility index (Phi) is 5.59. The maximum Gasteiger partial charge on any atom is 0.417 e. The molecule has 3 rings (SSSR count). The second kappa shape index (κ2) is 7.47. The molecule has 0 spiro atoms. The third-order valence-electron chi connectivity index (χ3n) is 4.80. The Bertz CT molecular complexity index is 821. The van der Waals surface area contributed by atoms with Crippen LogP contribution < -0.4 is 0 Å². The predicted octanol–water partition coefficient (Wildman–Crippen LogP) is 5.52. The maximum atomic E-state index is 13.5. The Morgan fingerprint density at radius 3 is 2.07 bits per heavy atom. The van der Waals surface area contributed by atoms with Crippen LogP contribution in [0.2, 0.25) is 0 Å². The van der Waals surface area contributed by atoms with Crippen molar-refractivity contribution in [3.8, 4) is 0 Å². The van der Waals surface area contributed by atoms with Gasteiger partial charge in [0, 0.05) is 5.56 Å². The Labute approximate surface area is 169 Å². The minimum atomic E-state index is -4.97. The quantitative estimate of drug-likeness (QED) is 0.544. The predicted molar refractivity (Wildman–Crippen MR) is 95.5 cm³/mol. The number of rotatable bonds is 1. The van der Waals surface area contributed by atoms with E-state index in [0.29, 0.717) is 12.1 Å². The second-order valence-electron chi connectivity index (χ2n) is 8.27. The summed E-state index contributed by atoms with van der Waals surface area (Å²) in [5.41, 5.74) is -4.50. The van der Waals surface area contributed by atoms with Gasteiger partial charge in [-0.25, -0.2) is 4.79 Å². The summed E-state index contributed by atoms with van der Waals surface area (Å²) >= 11 is 0. The van der Waals surface area contributed by atoms with Crippen molar-refractivity contribution in [3.63, 3.8) is 0 Å². The van der Waals surface area contributed by atoms with Crippen molar-refractivity contribution in [2.75, 3.05) is 13.2 Å². The molecule has 0 N–H and O–H groups in total. The first kappa shape index (κ1) is 22.5. The fraction of sp³-hybridized carbons (Fsp3) is 0.550. The molecule has 4 nitrogen and oxygen atoms in total. The van der Waals surface area contributed by atoms with Gasteiger partial charge >= 0.3 is 18.4 Å². The highest BCUT2D eigenvalue weighted by Gasteiger charge is 2.45. The monoisotopic (exact) mass is 437 g/mol. The molecular weight excluding hydrogens is 416 g/mol. The third-order valence-corrected chi connectivity index (χ3v) is 4.80. The van der Waals surface area contributed by atoms with Crippen molar-refractivity contribution in [3.05, 3.63) is 41.0 Å². The summed E-state index contributed by atoms with van der Waals surface area (Å²) in [6.45, 7) is 4.93. The van der Waals surface area contributed by atoms with Crippen LogP contribution in [-0.4, -0.2) is 41.9 Å². The molecule has 1 aromatic carbocycles. The second-order valence-corrected chi connectivity index (χ2v) is 8.27. The highest BCUT2D eigenvalue weighted by atomic mass is 19.4. The van der Waals surface area contributed by atoms with Crippen LogP contribution in [-0.2, 0) is 21.8 Å². The number of hydrogen-bond acceptors (Lipinski definition) is 3. The van der Waals surface area contributed by atoms with Gasteiger partial charge in [-0.15, -0.1) is 0 Å². The molecule has 1 amide bonds. The zero-order valence-corrected chi connectivity index (χ0v) is 16.5. The Hall–Kier alpha value is -2.23. The number of fused-ring (bicyclic) bond motifs is 2. The molecule has 0 saturated carbocycles. The lowest BCUT2D eigenvalue weighted by Crippen LogP contribution is -2.57. The van der Waals surface area contributed by atoms with Gasteiger partial charge in [0.25, 0.3) is 0 Å². The van der Waals surface area contributed by atoms with Gasteiger partial charge in [-0.1, -0.05) is 12.1 Å². The van der Waals surface area contributed by atoms with E-state index in [1.165, 1.54) is 11.0 Å². The average Bonchev–Trinajstić information content (AvgIpc) is 2.56. The average molecular weight is 437 g/mol. The first-order valence-corrected chi connectivity index (χ1v) is 9.26. The molecule has 2 heterocycles. The van der Waals surface area contributed by atoms with Gasteiger partial charge in [0.1, 0.15) is 5.60 Å². The summed E-state index contributed by atoms with van der Waals surface area (Å²) in [5.74, 6) is 0. The number of carbonyl (C=O) groups excluding carboxylic acids is 1. The summed E-state index contributed by atoms with van der Waals surface area (Å²) in [6.07, 6.45) is -9.58. The van der Waals surface area contributed by atoms with E-state index in [1.54, 1.807) is 20.8 Å². The Morgan fingerprint density at radius 2 is 1.60 bits per heavy atom. The zero-order valence-electron chi connectivity index (χ0n) is 16.5. The van der Waals surface area contributed by atoms with E-state index < -0.39 is 52.8 Å². The summed E-state index contributed by atoms with van der Waals surface area (Å²) in [5, 5.41) is 0. The number of morpholine rings is 1. The van der Waals surface area contributed by atoms with Gasteiger partial charge in [0.05, 0.1) is 36.4 Å². The van der Waals surface area contributed by atoms with E-state index in [2.05, 4.69) is 0 Å². The lowest BCUT2D eigenvalue weighted by molar-refractivity contribution is -0.143. The van der Waals surface area contributed by atoms with E-state index in [4.69, 9.17) is 9.47 Å². The number of amides is 1. The molecule has 1 aromatic rings. The Morgan fingerprint density at radius 1 is 1.03 bits per heavy atom. The molecule has 10 heteroatoms. The highest BCUT2D eigenvalue weighted by molar-refractivity contribution is 5.77. The van der Waals surface area contributed by atoms with Crippen molar-refractivity contribution in [2.24, 2.45) is 0 Å². The molecule has 0 radical (unpaired) electrons. The number of carbonyl (C=O) groups is 1. The van der Waals surface area contributed by atoms with E-state index >= 15 is 0 Å². The molecule has 2 aliphatic heterocycles. The van der Waals surface area contributed by atoms with E-state index in [0.717, 1.165) is 6.07 Å². The topological polar surface area (TPSA) is 38.8 Å². The SMILES string of the molecule is CC(C)(C)OC(=O)N1C2C=C(c3c(C(F)(F)F)cccc3C(F)(F)F)CC1COC2. The molecule has 166 valence electrons. The standard InChI is InChI=1S/C20H21F6NO3/c1-18(2,3)30-17(28)27-12-7-11(8-13(27)10-29-9-12)16-14(19(21,22)23)5-4-6-15(16)20(24,25)26/h4-7,12-13H,8-10H2,1-3H3. The number of benzene rings is 1. The van der Waals surface area contributed by atoms with Crippen molar-refractivity contribution < 1.29 is 40.6 Å². The Balaban J connectivity index is 2.09. The van der Waals surface area contributed by atoms with Gasteiger partial charge in [0.15, 0.2) is 0 Å². The van der Waals surface area contributed by atoms with Gasteiger partial charge in [-0.05, 0) is 44.9 Å². The van der Waals surface area contributed by atoms with E-state index in [9.17, 15) is 31.1 Å². The van der Waals surface area contributed by atoms with Crippen LogP contribution in [0.4, 0.5) is 31.1 Å². The van der Waals surface area contributed by atoms with Crippen LogP contribution in [0.1, 0.15) is 43.9 Å². The number of alkyl halides is 6. The normalized spacial score (nSPS) is 22.6. The smallest absolute Gasteiger partial charge is 0.417 e. The summed E-state index contributed by atoms with van der Waals surface area (Å²) in [4.78, 5) is 13.9. The molecular formula is C20H21F6NO3. The minimum Gasteiger partial charge on any atom is -0.444 e. The fourth-order valence-corrected chi connectivity index (χ4v) is 3.75. The zero-order chi connectivity index (χ0) is 22.5. The maximum absolute atomic E-state index is 13.5. The lowest BCUT2D eigenvalue weighted by Gasteiger charge is -2.45. The van der Waals surface area contributed by atoms with Crippen LogP contribution in [0.5, 0.6) is 0 Å². The van der Waals surface area contributed by atoms with Crippen molar-refractivity contribution in [1.82, 2.24) is 4.90 Å². The third kappa shape index (κ3) is 4.58. The van der Waals surface area contributed by atoms with Crippen LogP contribution in [0.15, 0.2) is 24.3 Å². The van der Waals surface area contributed by atoms with Crippen LogP contribution >= 0.6 is 0 Å². The van der Waals surface area contributed by atoms with Crippen molar-refractivity contribution in [2.45, 2.75) is 57.2 Å². The first-order valence-electron chi connectivity index (χ1n) is 9.26. The molecule has 0 aromatic heterocycles. The largest absolute Gasteiger partial charge is 0.444 e. The van der Waals surface area contributed by atoms with Gasteiger partial charge in [0.2, 0.25) is 0 Å². The van der Waals surface area contributed by atoms with Crippen LogP contribution in [0.25, 0.3) is 5.57 Å². The van der Waals surface area contributed by atoms with Crippen LogP contribution in [0.3, 0.4) is 0 Å². The summed E-state index contributed by atoms with van der Waals surface area (Å²) in [7, 11) is 0. The fourth-order valence-electron chi connectivity index (χ4n) is 3.75.